The van der Waals surface area contributed by atoms with Crippen molar-refractivity contribution in [2.75, 3.05) is 0 Å². The summed E-state index contributed by atoms with van der Waals surface area (Å²) < 4.78 is 2.95. The Morgan fingerprint density at radius 2 is 1.76 bits per heavy atom. The van der Waals surface area contributed by atoms with Crippen LogP contribution in [0.1, 0.15) is 0 Å². The summed E-state index contributed by atoms with van der Waals surface area (Å²) in [4.78, 5) is 0. The Hall–Kier alpha value is -0.510. The van der Waals surface area contributed by atoms with Crippen molar-refractivity contribution in [3.63, 3.8) is 0 Å². The van der Waals surface area contributed by atoms with E-state index >= 15 is 0 Å². The molecule has 17 heavy (non-hydrogen) atoms. The fraction of sp³-hybridized carbons (Fsp3) is 0.0909. The molecule has 0 bridgehead atoms. The average Bonchev–Trinajstić information content (AvgIpc) is 2.50. The van der Waals surface area contributed by atoms with E-state index in [1.807, 2.05) is 38.6 Å². The van der Waals surface area contributed by atoms with Crippen LogP contribution in [0.15, 0.2) is 24.3 Å². The summed E-state index contributed by atoms with van der Waals surface area (Å²) in [6, 6.07) is 8.05. The zero-order valence-electron chi connectivity index (χ0n) is 9.44. The lowest BCUT2D eigenvalue weighted by Crippen LogP contribution is -2.44. The quantitative estimate of drug-likeness (QED) is 0.432. The van der Waals surface area contributed by atoms with Gasteiger partial charge in [0.15, 0.2) is 0 Å². The van der Waals surface area contributed by atoms with E-state index in [0.29, 0.717) is 16.5 Å². The van der Waals surface area contributed by atoms with E-state index in [0.717, 1.165) is 14.6 Å². The highest BCUT2D eigenvalue weighted by atomic mass is 127. The van der Waals surface area contributed by atoms with E-state index in [1.54, 1.807) is 4.57 Å². The van der Waals surface area contributed by atoms with Crippen LogP contribution < -0.4 is 27.6 Å². The molecule has 2 rings (SSSR count). The van der Waals surface area contributed by atoms with Gasteiger partial charge in [-0.25, -0.2) is 0 Å². The zero-order chi connectivity index (χ0) is 12.6. The number of hydrogen-bond acceptors (Lipinski definition) is 0. The van der Waals surface area contributed by atoms with Crippen LogP contribution in [-0.4, -0.2) is 35.4 Å². The maximum atomic E-state index is 5.94. The molecule has 1 heterocycles. The maximum Gasteiger partial charge on any atom is 0.214 e. The summed E-state index contributed by atoms with van der Waals surface area (Å²) in [5.41, 5.74) is 3.42. The lowest BCUT2D eigenvalue weighted by molar-refractivity contribution is 0.994. The van der Waals surface area contributed by atoms with Gasteiger partial charge in [0.05, 0.1) is 0 Å². The predicted molar refractivity (Wildman–Crippen MR) is 85.8 cm³/mol. The Kier molecular flexibility index (Phi) is 3.81. The molecule has 0 aliphatic heterocycles. The second kappa shape index (κ2) is 5.01. The molecule has 75 valence electrons. The van der Waals surface area contributed by atoms with Gasteiger partial charge in [-0.2, -0.15) is 0 Å². The van der Waals surface area contributed by atoms with Crippen molar-refractivity contribution in [3.05, 3.63) is 27.8 Å². The minimum absolute atomic E-state index is 0.449. The van der Waals surface area contributed by atoms with Gasteiger partial charge < -0.3 is 4.57 Å². The van der Waals surface area contributed by atoms with Crippen molar-refractivity contribution in [2.24, 2.45) is 7.05 Å². The van der Waals surface area contributed by atoms with Crippen molar-refractivity contribution >= 4 is 81.0 Å². The lowest BCUT2D eigenvalue weighted by Gasteiger charge is -2.08. The van der Waals surface area contributed by atoms with E-state index in [1.165, 1.54) is 0 Å². The largest absolute Gasteiger partial charge is 0.371 e. The monoisotopic (exact) mass is 324 g/mol. The van der Waals surface area contributed by atoms with E-state index in [4.69, 9.17) is 23.5 Å². The van der Waals surface area contributed by atoms with Crippen LogP contribution in [0.2, 0.25) is 0 Å². The average molecular weight is 323 g/mol. The van der Waals surface area contributed by atoms with Crippen molar-refractivity contribution in [1.29, 1.82) is 0 Å². The molecule has 0 atom stereocenters. The number of rotatable bonds is 2. The molecular formula is C11H7B4IN. The standard InChI is InChI=1S/C11H7B4IN/c1-17-10(14)8(12)9(13)11(17)15-6-4-2-3-5-7(6)16/h2-5H,1H3. The third-order valence-corrected chi connectivity index (χ3v) is 3.74. The Labute approximate surface area is 120 Å². The molecule has 0 unspecified atom stereocenters. The van der Waals surface area contributed by atoms with Gasteiger partial charge in [0.1, 0.15) is 23.5 Å². The molecule has 2 aromatic rings. The Bertz CT molecular complexity index is 539. The first-order valence-corrected chi connectivity index (χ1v) is 6.18. The van der Waals surface area contributed by atoms with Crippen molar-refractivity contribution in [2.45, 2.75) is 0 Å². The van der Waals surface area contributed by atoms with Crippen LogP contribution in [0, 0.1) is 3.57 Å². The van der Waals surface area contributed by atoms with Crippen LogP contribution in [0.25, 0.3) is 0 Å². The van der Waals surface area contributed by atoms with Gasteiger partial charge in [0.25, 0.3) is 0 Å². The lowest BCUT2D eigenvalue weighted by atomic mass is 9.62. The number of hydrogen-bond donors (Lipinski definition) is 0. The van der Waals surface area contributed by atoms with E-state index in [2.05, 4.69) is 22.6 Å². The normalized spacial score (nSPS) is 10.5. The Balaban J connectivity index is 2.44. The molecule has 0 saturated carbocycles. The molecule has 0 spiro atoms. The third-order valence-electron chi connectivity index (χ3n) is 2.76. The fourth-order valence-corrected chi connectivity index (χ4v) is 2.22. The van der Waals surface area contributed by atoms with Crippen LogP contribution in [0.4, 0.5) is 0 Å². The molecular weight excluding hydrogens is 316 g/mol. The van der Waals surface area contributed by atoms with Gasteiger partial charge in [0, 0.05) is 10.6 Å². The fourth-order valence-electron chi connectivity index (χ4n) is 1.68. The number of halogens is 1. The summed E-state index contributed by atoms with van der Waals surface area (Å²) in [5.74, 6) is 0. The van der Waals surface area contributed by atoms with Crippen molar-refractivity contribution in [1.82, 2.24) is 4.57 Å². The highest BCUT2D eigenvalue weighted by Gasteiger charge is 2.13. The molecule has 0 fully saturated rings. The third kappa shape index (κ3) is 2.37. The molecule has 0 N–H and O–H groups in total. The first-order chi connectivity index (χ1) is 8.02. The second-order valence-electron chi connectivity index (χ2n) is 3.82. The molecule has 0 aliphatic rings. The number of nitrogens with zero attached hydrogens (tertiary/aromatic N) is 1. The van der Waals surface area contributed by atoms with Crippen LogP contribution >= 0.6 is 22.6 Å². The smallest absolute Gasteiger partial charge is 0.214 e. The van der Waals surface area contributed by atoms with Gasteiger partial charge in [0.2, 0.25) is 7.28 Å². The predicted octanol–water partition coefficient (Wildman–Crippen LogP) is -2.33. The summed E-state index contributed by atoms with van der Waals surface area (Å²) >= 11 is 2.28. The van der Waals surface area contributed by atoms with Crippen molar-refractivity contribution < 1.29 is 0 Å². The van der Waals surface area contributed by atoms with Gasteiger partial charge in [-0.1, -0.05) is 34.6 Å². The molecule has 1 aromatic heterocycles. The Morgan fingerprint density at radius 3 is 2.29 bits per heavy atom. The Morgan fingerprint density at radius 1 is 1.12 bits per heavy atom. The second-order valence-corrected chi connectivity index (χ2v) is 4.98. The first kappa shape index (κ1) is 12.9. The molecule has 6 heteroatoms. The van der Waals surface area contributed by atoms with Gasteiger partial charge in [-0.15, -0.1) is 0 Å². The minimum atomic E-state index is 0.449. The molecule has 1 nitrogen and oxygen atoms in total. The summed E-state index contributed by atoms with van der Waals surface area (Å²) in [6.45, 7) is 0. The van der Waals surface area contributed by atoms with Gasteiger partial charge in [-0.3, -0.25) is 0 Å². The molecule has 0 aliphatic carbocycles. The zero-order valence-corrected chi connectivity index (χ0v) is 11.6. The van der Waals surface area contributed by atoms with Gasteiger partial charge >= 0.3 is 0 Å². The highest BCUT2D eigenvalue weighted by molar-refractivity contribution is 14.1. The highest BCUT2D eigenvalue weighted by Crippen LogP contribution is 1.98. The van der Waals surface area contributed by atoms with Crippen LogP contribution in [-0.2, 0) is 7.05 Å². The number of benzene rings is 1. The summed E-state index contributed by atoms with van der Waals surface area (Å²) in [6.07, 6.45) is 0. The van der Waals surface area contributed by atoms with E-state index in [-0.39, 0.29) is 0 Å². The maximum absolute atomic E-state index is 5.94. The van der Waals surface area contributed by atoms with Crippen LogP contribution in [0.3, 0.4) is 0 Å². The van der Waals surface area contributed by atoms with Gasteiger partial charge in [-0.05, 0) is 39.8 Å². The minimum Gasteiger partial charge on any atom is -0.371 e. The molecule has 1 aromatic carbocycles. The van der Waals surface area contributed by atoms with E-state index < -0.39 is 0 Å². The molecule has 0 saturated heterocycles. The molecule has 7 radical (unpaired) electrons. The van der Waals surface area contributed by atoms with Crippen LogP contribution in [0.5, 0.6) is 0 Å². The number of aromatic nitrogens is 1. The SMILES string of the molecule is [B]c1c([B])c([B]c2ccccc2I)n(C)c1[B]. The van der Waals surface area contributed by atoms with Crippen molar-refractivity contribution in [3.8, 4) is 0 Å². The topological polar surface area (TPSA) is 4.93 Å². The summed E-state index contributed by atoms with van der Waals surface area (Å²) in [7, 11) is 21.4. The first-order valence-electron chi connectivity index (χ1n) is 5.10. The van der Waals surface area contributed by atoms with E-state index in [9.17, 15) is 0 Å². The molecule has 0 amide bonds. The summed E-state index contributed by atoms with van der Waals surface area (Å²) in [5, 5.41) is 0.